The number of aryl methyl sites for hydroxylation is 1. The van der Waals surface area contributed by atoms with Crippen molar-refractivity contribution in [1.29, 1.82) is 0 Å². The summed E-state index contributed by atoms with van der Waals surface area (Å²) in [5.41, 5.74) is 8.71. The molecule has 0 spiro atoms. The van der Waals surface area contributed by atoms with Crippen molar-refractivity contribution < 1.29 is 38.2 Å². The molecule has 2 aromatic rings. The minimum Gasteiger partial charge on any atom is -0.435 e. The summed E-state index contributed by atoms with van der Waals surface area (Å²) in [7, 11) is 1.27. The van der Waals surface area contributed by atoms with Crippen molar-refractivity contribution in [3.8, 4) is 0 Å². The number of nitrogens with zero attached hydrogens (tertiary/aromatic N) is 4. The van der Waals surface area contributed by atoms with Gasteiger partial charge in [-0.1, -0.05) is 11.2 Å². The fourth-order valence-electron chi connectivity index (χ4n) is 3.83. The highest BCUT2D eigenvalue weighted by Gasteiger charge is 2.54. The minimum atomic E-state index is -1.29. The maximum atomic E-state index is 13.4. The molecular formula is C24H26N6O8S3. The zero-order chi connectivity index (χ0) is 29.7. The second-order valence-corrected chi connectivity index (χ2v) is 11.2. The lowest BCUT2D eigenvalue weighted by atomic mass is 10.0. The first-order chi connectivity index (χ1) is 19.6. The topological polar surface area (TPSA) is 185 Å². The van der Waals surface area contributed by atoms with Gasteiger partial charge in [0.05, 0.1) is 17.8 Å². The smallest absolute Gasteiger partial charge is 0.435 e. The number of esters is 1. The van der Waals surface area contributed by atoms with Gasteiger partial charge in [0.1, 0.15) is 29.9 Å². The number of carbonyl (C=O) groups is 4. The third kappa shape index (κ3) is 6.68. The minimum absolute atomic E-state index is 0.0277. The van der Waals surface area contributed by atoms with Crippen LogP contribution < -0.4 is 11.1 Å². The summed E-state index contributed by atoms with van der Waals surface area (Å²) in [5.74, 6) is -1.82. The number of nitrogens with two attached hydrogens (primary N) is 1. The number of carbonyl (C=O) groups excluding carboxylic acids is 4. The molecule has 2 aliphatic heterocycles. The van der Waals surface area contributed by atoms with E-state index in [0.29, 0.717) is 11.3 Å². The molecule has 2 aliphatic rings. The number of aromatic nitrogens is 2. The fraction of sp³-hybridized carbons (Fsp3) is 0.375. The van der Waals surface area contributed by atoms with Crippen LogP contribution >= 0.6 is 34.4 Å². The van der Waals surface area contributed by atoms with E-state index in [-0.39, 0.29) is 28.8 Å². The van der Waals surface area contributed by atoms with Crippen LogP contribution in [0.5, 0.6) is 0 Å². The largest absolute Gasteiger partial charge is 0.511 e. The van der Waals surface area contributed by atoms with Crippen LogP contribution in [0.4, 0.5) is 9.93 Å². The SMILES string of the molecule is CCOC(=O)OC(C)OC(=O)C1=C(C=Cc2scnc2C)CS[C@@H]2C(NC(=O)C(=NOC)c3csc(N)n3)C(=O)N12. The predicted molar refractivity (Wildman–Crippen MR) is 152 cm³/mol. The van der Waals surface area contributed by atoms with Crippen molar-refractivity contribution in [2.24, 2.45) is 5.16 Å². The standard InChI is InChI=1S/C24H26N6O8S3/c1-5-36-24(34)38-12(3)37-22(33)18-13(6-7-15-11(2)26-10-41-15)8-39-21-17(20(32)30(18)21)28-19(31)16(29-35-4)14-9-40-23(25)27-14/h6-7,9-10,12,17,21H,5,8H2,1-4H3,(H2,25,27)(H,28,31)/t12?,17?,21-/m1/s1. The summed E-state index contributed by atoms with van der Waals surface area (Å²) < 4.78 is 15.0. The third-order valence-electron chi connectivity index (χ3n) is 5.66. The Morgan fingerprint density at radius 1 is 1.29 bits per heavy atom. The average Bonchev–Trinajstić information content (AvgIpc) is 3.55. The number of rotatable bonds is 10. The second kappa shape index (κ2) is 13.1. The van der Waals surface area contributed by atoms with Crippen LogP contribution in [-0.2, 0) is 33.4 Å². The summed E-state index contributed by atoms with van der Waals surface area (Å²) in [6, 6.07) is -0.976. The zero-order valence-electron chi connectivity index (χ0n) is 22.3. The van der Waals surface area contributed by atoms with E-state index < -0.39 is 41.6 Å². The Labute approximate surface area is 246 Å². The molecule has 1 fully saturated rings. The van der Waals surface area contributed by atoms with Gasteiger partial charge in [-0.2, -0.15) is 0 Å². The number of nitrogens with one attached hydrogen (secondary N) is 1. The fourth-order valence-corrected chi connectivity index (χ4v) is 6.39. The van der Waals surface area contributed by atoms with Gasteiger partial charge in [0, 0.05) is 22.9 Å². The molecule has 2 amide bonds. The summed E-state index contributed by atoms with van der Waals surface area (Å²) >= 11 is 3.89. The highest BCUT2D eigenvalue weighted by Crippen LogP contribution is 2.41. The molecule has 0 radical (unpaired) electrons. The van der Waals surface area contributed by atoms with Gasteiger partial charge in [0.2, 0.25) is 6.29 Å². The van der Waals surface area contributed by atoms with Gasteiger partial charge < -0.3 is 30.1 Å². The quantitative estimate of drug-likeness (QED) is 0.130. The molecule has 0 aromatic carbocycles. The Morgan fingerprint density at radius 3 is 2.71 bits per heavy atom. The van der Waals surface area contributed by atoms with E-state index in [1.54, 1.807) is 24.6 Å². The maximum Gasteiger partial charge on any atom is 0.511 e. The van der Waals surface area contributed by atoms with Crippen molar-refractivity contribution in [2.75, 3.05) is 25.2 Å². The Balaban J connectivity index is 1.57. The number of thioether (sulfide) groups is 1. The first-order valence-electron chi connectivity index (χ1n) is 12.1. The number of anilines is 1. The van der Waals surface area contributed by atoms with Crippen LogP contribution in [0, 0.1) is 6.92 Å². The van der Waals surface area contributed by atoms with Crippen LogP contribution in [0.1, 0.15) is 30.1 Å². The average molecular weight is 623 g/mol. The van der Waals surface area contributed by atoms with E-state index in [0.717, 1.165) is 21.9 Å². The molecular weight excluding hydrogens is 596 g/mol. The molecule has 2 unspecified atom stereocenters. The van der Waals surface area contributed by atoms with Crippen molar-refractivity contribution in [3.63, 3.8) is 0 Å². The molecule has 3 atom stereocenters. The molecule has 4 heterocycles. The lowest BCUT2D eigenvalue weighted by Crippen LogP contribution is -2.71. The number of β-lactam (4-membered cyclic amide) rings is 1. The van der Waals surface area contributed by atoms with Crippen LogP contribution in [0.3, 0.4) is 0 Å². The third-order valence-corrected chi connectivity index (χ3v) is 8.53. The van der Waals surface area contributed by atoms with Gasteiger partial charge in [0.15, 0.2) is 10.8 Å². The van der Waals surface area contributed by atoms with Crippen molar-refractivity contribution >= 4 is 75.3 Å². The van der Waals surface area contributed by atoms with Gasteiger partial charge in [-0.3, -0.25) is 14.5 Å². The van der Waals surface area contributed by atoms with Crippen LogP contribution in [-0.4, -0.2) is 81.7 Å². The van der Waals surface area contributed by atoms with Crippen LogP contribution in [0.25, 0.3) is 6.08 Å². The lowest BCUT2D eigenvalue weighted by molar-refractivity contribution is -0.168. The van der Waals surface area contributed by atoms with E-state index >= 15 is 0 Å². The number of hydrogen-bond donors (Lipinski definition) is 2. The number of thiazole rings is 2. The summed E-state index contributed by atoms with van der Waals surface area (Å²) in [4.78, 5) is 66.6. The highest BCUT2D eigenvalue weighted by molar-refractivity contribution is 8.00. The first kappa shape index (κ1) is 30.0. The van der Waals surface area contributed by atoms with Gasteiger partial charge in [-0.05, 0) is 25.5 Å². The van der Waals surface area contributed by atoms with Crippen molar-refractivity contribution in [2.45, 2.75) is 38.5 Å². The number of hydrogen-bond acceptors (Lipinski definition) is 15. The molecule has 218 valence electrons. The number of oxime groups is 1. The molecule has 0 bridgehead atoms. The van der Waals surface area contributed by atoms with Gasteiger partial charge in [0.25, 0.3) is 11.8 Å². The lowest BCUT2D eigenvalue weighted by Gasteiger charge is -2.49. The number of allylic oxidation sites excluding steroid dienone is 1. The second-order valence-electron chi connectivity index (χ2n) is 8.34. The van der Waals surface area contributed by atoms with E-state index in [1.807, 2.05) is 6.92 Å². The summed E-state index contributed by atoms with van der Waals surface area (Å²) in [6.45, 7) is 4.89. The molecule has 3 N–H and O–H groups in total. The number of nitrogen functional groups attached to an aromatic ring is 1. The van der Waals surface area contributed by atoms with Crippen molar-refractivity contribution in [3.05, 3.63) is 44.5 Å². The molecule has 14 nitrogen and oxygen atoms in total. The van der Waals surface area contributed by atoms with Gasteiger partial charge in [-0.25, -0.2) is 19.6 Å². The molecule has 41 heavy (non-hydrogen) atoms. The monoisotopic (exact) mass is 622 g/mol. The molecule has 0 aliphatic carbocycles. The molecule has 1 saturated heterocycles. The first-order valence-corrected chi connectivity index (χ1v) is 14.9. The molecule has 0 saturated carbocycles. The molecule has 4 rings (SSSR count). The molecule has 17 heteroatoms. The number of ether oxygens (including phenoxy) is 3. The van der Waals surface area contributed by atoms with Crippen LogP contribution in [0.2, 0.25) is 0 Å². The Morgan fingerprint density at radius 2 is 2.07 bits per heavy atom. The van der Waals surface area contributed by atoms with Crippen LogP contribution in [0.15, 0.2) is 33.4 Å². The summed E-state index contributed by atoms with van der Waals surface area (Å²) in [6.07, 6.45) is 1.22. The Bertz CT molecular complexity index is 1430. The van der Waals surface area contributed by atoms with E-state index in [9.17, 15) is 19.2 Å². The number of fused-ring (bicyclic) bond motifs is 1. The Hall–Kier alpha value is -3.96. The van der Waals surface area contributed by atoms with Crippen molar-refractivity contribution in [1.82, 2.24) is 20.2 Å². The number of amides is 2. The van der Waals surface area contributed by atoms with Gasteiger partial charge in [-0.15, -0.1) is 34.4 Å². The Kier molecular flexibility index (Phi) is 9.61. The normalized spacial score (nSPS) is 19.4. The summed E-state index contributed by atoms with van der Waals surface area (Å²) in [5, 5.41) is 7.54. The van der Waals surface area contributed by atoms with E-state index in [4.69, 9.17) is 24.8 Å². The van der Waals surface area contributed by atoms with E-state index in [1.165, 1.54) is 47.4 Å². The highest BCUT2D eigenvalue weighted by atomic mass is 32.2. The molecule has 2 aromatic heterocycles. The van der Waals surface area contributed by atoms with E-state index in [2.05, 4.69) is 20.4 Å². The maximum absolute atomic E-state index is 13.4. The zero-order valence-corrected chi connectivity index (χ0v) is 24.8. The van der Waals surface area contributed by atoms with Gasteiger partial charge >= 0.3 is 12.1 Å². The predicted octanol–water partition coefficient (Wildman–Crippen LogP) is 2.27.